The lowest BCUT2D eigenvalue weighted by Crippen LogP contribution is -2.31. The Bertz CT molecular complexity index is 1700. The predicted molar refractivity (Wildman–Crippen MR) is 189 cm³/mol. The summed E-state index contributed by atoms with van der Waals surface area (Å²) in [5.41, 5.74) is 10.8. The number of carbonyl (C=O) groups is 3. The van der Waals surface area contributed by atoms with Crippen LogP contribution in [0.4, 0.5) is 11.4 Å². The van der Waals surface area contributed by atoms with E-state index in [4.69, 9.17) is 15.2 Å². The van der Waals surface area contributed by atoms with E-state index in [2.05, 4.69) is 10.6 Å². The minimum atomic E-state index is -0.958. The topological polar surface area (TPSA) is 160 Å². The Morgan fingerprint density at radius 3 is 2.12 bits per heavy atom. The van der Waals surface area contributed by atoms with Gasteiger partial charge in [0.25, 0.3) is 0 Å². The monoisotopic (exact) mass is 683 g/mol. The van der Waals surface area contributed by atoms with E-state index in [0.717, 1.165) is 27.1 Å². The number of carboxylic acids is 1. The molecule has 256 valence electrons. The Hall–Kier alpha value is -4.68. The SMILES string of the molecule is Nc1ccccc1NC(=O)CCCCC(=O)NCc1ccc([C@@H]2O[C@H](CSc3ccc(C(=O)O)cc3)C[C@H](c3ccc(CO)cc3)O2)cc1. The molecule has 0 saturated carbocycles. The summed E-state index contributed by atoms with van der Waals surface area (Å²) >= 11 is 1.60. The van der Waals surface area contributed by atoms with Crippen LogP contribution in [0.1, 0.15) is 77.1 Å². The zero-order valence-electron chi connectivity index (χ0n) is 27.0. The molecular formula is C38H41N3O7S. The fraction of sp³-hybridized carbons (Fsp3) is 0.289. The third-order valence-corrected chi connectivity index (χ3v) is 9.33. The second kappa shape index (κ2) is 17.6. The van der Waals surface area contributed by atoms with Crippen LogP contribution >= 0.6 is 11.8 Å². The average Bonchev–Trinajstić information content (AvgIpc) is 3.13. The number of para-hydroxylation sites is 2. The maximum Gasteiger partial charge on any atom is 0.335 e. The van der Waals surface area contributed by atoms with Gasteiger partial charge >= 0.3 is 5.97 Å². The van der Waals surface area contributed by atoms with Crippen LogP contribution in [-0.4, -0.2) is 39.9 Å². The van der Waals surface area contributed by atoms with E-state index in [1.807, 2.05) is 54.6 Å². The molecule has 0 unspecified atom stereocenters. The first-order valence-electron chi connectivity index (χ1n) is 16.2. The van der Waals surface area contributed by atoms with Crippen molar-refractivity contribution < 1.29 is 34.1 Å². The van der Waals surface area contributed by atoms with Crippen LogP contribution in [0.3, 0.4) is 0 Å². The fourth-order valence-electron chi connectivity index (χ4n) is 5.38. The third kappa shape index (κ3) is 10.7. The number of aliphatic hydroxyl groups excluding tert-OH is 1. The summed E-state index contributed by atoms with van der Waals surface area (Å²) in [7, 11) is 0. The number of thioether (sulfide) groups is 1. The van der Waals surface area contributed by atoms with Gasteiger partial charge in [0.15, 0.2) is 6.29 Å². The number of nitrogen functional groups attached to an aromatic ring is 1. The quantitative estimate of drug-likeness (QED) is 0.0528. The van der Waals surface area contributed by atoms with Crippen LogP contribution in [-0.2, 0) is 32.2 Å². The molecule has 0 aliphatic carbocycles. The number of carboxylic acid groups (broad SMARTS) is 1. The standard InChI is InChI=1S/C38H41N3O7S/c39-32-5-1-2-6-33(32)41-36(44)8-4-3-7-35(43)40-22-25-9-15-29(16-10-25)38-47-30(24-49-31-19-17-28(18-20-31)37(45)46)21-34(48-38)27-13-11-26(23-42)12-14-27/h1-2,5-6,9-20,30,34,38,42H,3-4,7-8,21-24,39H2,(H,40,43)(H,41,44)(H,45,46)/t30-,34+,38+/m0/s1. The summed E-state index contributed by atoms with van der Waals surface area (Å²) in [5, 5.41) is 24.4. The Morgan fingerprint density at radius 2 is 1.45 bits per heavy atom. The van der Waals surface area contributed by atoms with E-state index in [1.54, 1.807) is 54.2 Å². The first-order chi connectivity index (χ1) is 23.8. The lowest BCUT2D eigenvalue weighted by Gasteiger charge is -2.36. The number of nitrogens with two attached hydrogens (primary N) is 1. The number of amides is 2. The molecule has 4 aromatic rings. The molecule has 1 saturated heterocycles. The molecule has 3 atom stereocenters. The van der Waals surface area contributed by atoms with Gasteiger partial charge in [-0.05, 0) is 65.9 Å². The summed E-state index contributed by atoms with van der Waals surface area (Å²) < 4.78 is 12.9. The number of unbranched alkanes of at least 4 members (excludes halogenated alkanes) is 1. The van der Waals surface area contributed by atoms with Crippen LogP contribution in [0.15, 0.2) is 102 Å². The van der Waals surface area contributed by atoms with Gasteiger partial charge in [-0.3, -0.25) is 9.59 Å². The van der Waals surface area contributed by atoms with Gasteiger partial charge in [-0.15, -0.1) is 11.8 Å². The van der Waals surface area contributed by atoms with Crippen molar-refractivity contribution in [3.05, 3.63) is 125 Å². The van der Waals surface area contributed by atoms with Crippen LogP contribution in [0.5, 0.6) is 0 Å². The van der Waals surface area contributed by atoms with Crippen molar-refractivity contribution in [3.63, 3.8) is 0 Å². The van der Waals surface area contributed by atoms with Crippen LogP contribution < -0.4 is 16.4 Å². The first kappa shape index (κ1) is 35.6. The van der Waals surface area contributed by atoms with Gasteiger partial charge in [0.05, 0.1) is 35.8 Å². The van der Waals surface area contributed by atoms with Gasteiger partial charge in [0, 0.05) is 42.0 Å². The second-order valence-corrected chi connectivity index (χ2v) is 12.9. The van der Waals surface area contributed by atoms with E-state index < -0.39 is 12.3 Å². The number of hydrogen-bond donors (Lipinski definition) is 5. The minimum absolute atomic E-state index is 0.0333. The molecule has 4 aromatic carbocycles. The second-order valence-electron chi connectivity index (χ2n) is 11.9. The van der Waals surface area contributed by atoms with Gasteiger partial charge in [0.2, 0.25) is 11.8 Å². The van der Waals surface area contributed by atoms with Gasteiger partial charge in [-0.25, -0.2) is 4.79 Å². The number of aromatic carboxylic acids is 1. The minimum Gasteiger partial charge on any atom is -0.478 e. The Labute approximate surface area is 290 Å². The Morgan fingerprint density at radius 1 is 0.796 bits per heavy atom. The van der Waals surface area contributed by atoms with Crippen LogP contribution in [0.2, 0.25) is 0 Å². The number of rotatable bonds is 15. The Balaban J connectivity index is 1.12. The summed E-state index contributed by atoms with van der Waals surface area (Å²) in [4.78, 5) is 36.8. The van der Waals surface area contributed by atoms with E-state index >= 15 is 0 Å². The molecule has 0 aromatic heterocycles. The van der Waals surface area contributed by atoms with Gasteiger partial charge in [0.1, 0.15) is 0 Å². The van der Waals surface area contributed by atoms with Gasteiger partial charge in [-0.2, -0.15) is 0 Å². The highest BCUT2D eigenvalue weighted by molar-refractivity contribution is 7.99. The molecule has 11 heteroatoms. The lowest BCUT2D eigenvalue weighted by atomic mass is 10.0. The first-order valence-corrected chi connectivity index (χ1v) is 17.2. The zero-order chi connectivity index (χ0) is 34.6. The largest absolute Gasteiger partial charge is 0.478 e. The summed E-state index contributed by atoms with van der Waals surface area (Å²) in [5.74, 6) is -0.523. The molecule has 0 spiro atoms. The fourth-order valence-corrected chi connectivity index (χ4v) is 6.30. The molecule has 1 aliphatic heterocycles. The van der Waals surface area contributed by atoms with E-state index in [0.29, 0.717) is 55.8 Å². The third-order valence-electron chi connectivity index (χ3n) is 8.19. The summed E-state index contributed by atoms with van der Waals surface area (Å²) in [6, 6.07) is 29.4. The number of ether oxygens (including phenoxy) is 2. The number of hydrogen-bond acceptors (Lipinski definition) is 8. The van der Waals surface area contributed by atoms with Gasteiger partial charge < -0.3 is 36.1 Å². The van der Waals surface area contributed by atoms with Crippen molar-refractivity contribution in [2.45, 2.75) is 68.6 Å². The normalized spacial score (nSPS) is 17.3. The highest BCUT2D eigenvalue weighted by Crippen LogP contribution is 2.39. The van der Waals surface area contributed by atoms with Gasteiger partial charge in [-0.1, -0.05) is 60.7 Å². The molecule has 2 amide bonds. The smallest absolute Gasteiger partial charge is 0.335 e. The van der Waals surface area contributed by atoms with Crippen molar-refractivity contribution in [2.75, 3.05) is 16.8 Å². The molecule has 1 heterocycles. The number of carbonyl (C=O) groups excluding carboxylic acids is 2. The maximum absolute atomic E-state index is 12.5. The molecular weight excluding hydrogens is 642 g/mol. The van der Waals surface area contributed by atoms with E-state index in [-0.39, 0.29) is 36.2 Å². The van der Waals surface area contributed by atoms with Crippen molar-refractivity contribution in [1.29, 1.82) is 0 Å². The van der Waals surface area contributed by atoms with Crippen molar-refractivity contribution >= 4 is 40.9 Å². The van der Waals surface area contributed by atoms with Crippen LogP contribution in [0.25, 0.3) is 0 Å². The highest BCUT2D eigenvalue weighted by Gasteiger charge is 2.32. The van der Waals surface area contributed by atoms with E-state index in [1.165, 1.54) is 0 Å². The lowest BCUT2D eigenvalue weighted by molar-refractivity contribution is -0.245. The van der Waals surface area contributed by atoms with Crippen molar-refractivity contribution in [3.8, 4) is 0 Å². The number of anilines is 2. The number of nitrogens with one attached hydrogen (secondary N) is 2. The van der Waals surface area contributed by atoms with Crippen molar-refractivity contribution in [1.82, 2.24) is 5.32 Å². The maximum atomic E-state index is 12.5. The molecule has 1 fully saturated rings. The van der Waals surface area contributed by atoms with E-state index in [9.17, 15) is 24.6 Å². The molecule has 0 bridgehead atoms. The molecule has 0 radical (unpaired) electrons. The highest BCUT2D eigenvalue weighted by atomic mass is 32.2. The number of benzene rings is 4. The molecule has 5 rings (SSSR count). The summed E-state index contributed by atoms with van der Waals surface area (Å²) in [6.45, 7) is 0.341. The molecule has 49 heavy (non-hydrogen) atoms. The molecule has 1 aliphatic rings. The molecule has 6 N–H and O–H groups in total. The van der Waals surface area contributed by atoms with Crippen molar-refractivity contribution in [2.24, 2.45) is 0 Å². The zero-order valence-corrected chi connectivity index (χ0v) is 27.9. The Kier molecular flexibility index (Phi) is 12.8. The molecule has 10 nitrogen and oxygen atoms in total. The predicted octanol–water partition coefficient (Wildman–Crippen LogP) is 6.61. The van der Waals surface area contributed by atoms with Crippen LogP contribution in [0, 0.1) is 0 Å². The number of aliphatic hydroxyl groups is 1. The average molecular weight is 684 g/mol. The summed E-state index contributed by atoms with van der Waals surface area (Å²) in [6.07, 6.45) is 1.46.